The van der Waals surface area contributed by atoms with Crippen molar-refractivity contribution >= 4 is 23.5 Å². The van der Waals surface area contributed by atoms with E-state index in [9.17, 15) is 13.6 Å². The van der Waals surface area contributed by atoms with E-state index in [1.165, 1.54) is 16.8 Å². The third kappa shape index (κ3) is 4.11. The van der Waals surface area contributed by atoms with Gasteiger partial charge in [-0.25, -0.2) is 22.9 Å². The third-order valence-electron chi connectivity index (χ3n) is 6.61. The summed E-state index contributed by atoms with van der Waals surface area (Å²) in [6.07, 6.45) is -1.07. The average molecular weight is 493 g/mol. The molecule has 4 fully saturated rings. The van der Waals surface area contributed by atoms with Crippen LogP contribution in [0.3, 0.4) is 0 Å². The highest BCUT2D eigenvalue weighted by molar-refractivity contribution is 5.69. The number of fused-ring (bicyclic) bond motifs is 1. The van der Waals surface area contributed by atoms with Gasteiger partial charge < -0.3 is 24.8 Å². The van der Waals surface area contributed by atoms with Crippen molar-refractivity contribution in [3.05, 3.63) is 30.2 Å². The van der Waals surface area contributed by atoms with Crippen molar-refractivity contribution in [2.24, 2.45) is 5.92 Å². The van der Waals surface area contributed by atoms with Gasteiger partial charge in [0.2, 0.25) is 11.8 Å². The molecule has 4 aliphatic rings. The number of ether oxygens (including phenoxy) is 3. The number of carbonyl (C=O) groups excluding carboxylic acids is 1. The number of nitrogens with one attached hydrogen (secondary N) is 3. The molecule has 1 saturated heterocycles. The number of H-pyrrole nitrogens is 1. The minimum absolute atomic E-state index is 0.0211. The summed E-state index contributed by atoms with van der Waals surface area (Å²) >= 11 is 0. The Morgan fingerprint density at radius 2 is 2.20 bits per heavy atom. The van der Waals surface area contributed by atoms with Gasteiger partial charge in [-0.3, -0.25) is 9.50 Å². The molecule has 0 spiro atoms. The lowest BCUT2D eigenvalue weighted by Gasteiger charge is -2.61. The van der Waals surface area contributed by atoms with E-state index in [0.29, 0.717) is 23.1 Å². The van der Waals surface area contributed by atoms with Crippen molar-refractivity contribution in [3.8, 4) is 5.88 Å². The van der Waals surface area contributed by atoms with Crippen LogP contribution < -0.4 is 15.4 Å². The van der Waals surface area contributed by atoms with Crippen LogP contribution in [0.2, 0.25) is 0 Å². The highest BCUT2D eigenvalue weighted by Gasteiger charge is 2.58. The molecule has 0 aromatic carbocycles. The summed E-state index contributed by atoms with van der Waals surface area (Å²) in [7, 11) is 0. The molecule has 3 N–H and O–H groups in total. The number of anilines is 2. The highest BCUT2D eigenvalue weighted by Crippen LogP contribution is 2.57. The Labute approximate surface area is 196 Å². The van der Waals surface area contributed by atoms with E-state index in [-0.39, 0.29) is 24.0 Å². The van der Waals surface area contributed by atoms with Crippen LogP contribution in [0, 0.1) is 5.92 Å². The summed E-state index contributed by atoms with van der Waals surface area (Å²) in [5.74, 6) is 1.32. The Morgan fingerprint density at radius 3 is 2.94 bits per heavy atom. The summed E-state index contributed by atoms with van der Waals surface area (Å²) < 4.78 is 57.1. The van der Waals surface area contributed by atoms with Crippen molar-refractivity contribution in [2.45, 2.75) is 49.6 Å². The fourth-order valence-corrected chi connectivity index (χ4v) is 4.82. The number of halogens is 3. The number of imidazole rings is 1. The Kier molecular flexibility index (Phi) is 5.20. The molecule has 3 aromatic heterocycles. The second-order valence-electron chi connectivity index (χ2n) is 9.14. The lowest BCUT2D eigenvalue weighted by molar-refractivity contribution is -0.0528. The number of aromatic amines is 1. The van der Waals surface area contributed by atoms with Crippen molar-refractivity contribution in [1.29, 1.82) is 0 Å². The fraction of sp³-hybridized carbons (Fsp3) is 0.524. The molecule has 0 radical (unpaired) electrons. The largest absolute Gasteiger partial charge is 0.470 e. The zero-order chi connectivity index (χ0) is 24.2. The van der Waals surface area contributed by atoms with Gasteiger partial charge in [0.05, 0.1) is 18.5 Å². The number of nitrogens with zero attached hydrogens (tertiary/aromatic N) is 4. The van der Waals surface area contributed by atoms with Crippen LogP contribution in [-0.2, 0) is 9.47 Å². The minimum atomic E-state index is -2.62. The maximum Gasteiger partial charge on any atom is 0.408 e. The molecule has 4 heterocycles. The normalized spacial score (nSPS) is 29.0. The van der Waals surface area contributed by atoms with E-state index in [2.05, 4.69) is 30.8 Å². The molecular formula is C21H22F3N7O4. The van der Waals surface area contributed by atoms with Gasteiger partial charge in [-0.1, -0.05) is 0 Å². The van der Waals surface area contributed by atoms with E-state index >= 15 is 4.39 Å². The third-order valence-corrected chi connectivity index (χ3v) is 6.61. The van der Waals surface area contributed by atoms with E-state index < -0.39 is 37.5 Å². The van der Waals surface area contributed by atoms with Crippen LogP contribution >= 0.6 is 0 Å². The smallest absolute Gasteiger partial charge is 0.408 e. The van der Waals surface area contributed by atoms with Gasteiger partial charge in [0.1, 0.15) is 11.8 Å². The van der Waals surface area contributed by atoms with E-state index in [1.54, 1.807) is 12.1 Å². The van der Waals surface area contributed by atoms with Crippen LogP contribution in [-0.4, -0.2) is 68.1 Å². The predicted molar refractivity (Wildman–Crippen MR) is 113 cm³/mol. The Morgan fingerprint density at radius 1 is 1.37 bits per heavy atom. The molecule has 3 aliphatic carbocycles. The summed E-state index contributed by atoms with van der Waals surface area (Å²) in [6.45, 7) is -0.851. The Bertz CT molecular complexity index is 1230. The van der Waals surface area contributed by atoms with Crippen molar-refractivity contribution < 1.29 is 32.2 Å². The van der Waals surface area contributed by atoms with Gasteiger partial charge in [-0.15, -0.1) is 0 Å². The molecule has 3 atom stereocenters. The van der Waals surface area contributed by atoms with Gasteiger partial charge in [0, 0.05) is 17.8 Å². The molecule has 3 saturated carbocycles. The van der Waals surface area contributed by atoms with E-state index in [0.717, 1.165) is 19.3 Å². The molecule has 1 aliphatic heterocycles. The van der Waals surface area contributed by atoms with Crippen LogP contribution in [0.15, 0.2) is 24.5 Å². The summed E-state index contributed by atoms with van der Waals surface area (Å²) in [5, 5.41) is 12.7. The molecule has 7 rings (SSSR count). The van der Waals surface area contributed by atoms with Crippen molar-refractivity contribution in [1.82, 2.24) is 29.9 Å². The van der Waals surface area contributed by atoms with Gasteiger partial charge in [0.25, 0.3) is 6.43 Å². The predicted octanol–water partition coefficient (Wildman–Crippen LogP) is 2.90. The fourth-order valence-electron chi connectivity index (χ4n) is 4.82. The van der Waals surface area contributed by atoms with Crippen LogP contribution in [0.25, 0.3) is 5.65 Å². The molecule has 3 aromatic rings. The molecule has 35 heavy (non-hydrogen) atoms. The SMILES string of the molecule is O=C(NC12CC(C1)C2)O[C@@H]1CO[C@H](c2cc(Nc3nccc4nc(OCC(F)F)cn34)n[nH]2)[C@H]1F. The first kappa shape index (κ1) is 21.9. The number of alkyl halides is 3. The number of amides is 1. The number of alkyl carbamates (subject to hydrolysis) is 1. The maximum atomic E-state index is 15.0. The standard InChI is InChI=1S/C21H22F3N7O4/c22-13(23)9-33-16-7-31-15(27-16)1-2-25-19(31)26-14-3-11(29-30-14)18-17(24)12(8-34-18)35-20(32)28-21-4-10(5-21)6-21/h1-3,7,10,12-13,17-18H,4-6,8-9H2,(H,28,32)(H2,25,26,29,30)/t10?,12-,17+,18-,21?/m1/s1. The molecule has 2 bridgehead atoms. The monoisotopic (exact) mass is 493 g/mol. The number of hydrogen-bond acceptors (Lipinski definition) is 8. The molecular weight excluding hydrogens is 471 g/mol. The second kappa shape index (κ2) is 8.29. The number of aromatic nitrogens is 5. The average Bonchev–Trinajstić information content (AvgIpc) is 3.48. The molecule has 14 heteroatoms. The van der Waals surface area contributed by atoms with Gasteiger partial charge in [0.15, 0.2) is 24.7 Å². The lowest BCUT2D eigenvalue weighted by atomic mass is 9.50. The Hall–Kier alpha value is -3.55. The van der Waals surface area contributed by atoms with E-state index in [4.69, 9.17) is 14.2 Å². The molecule has 0 unspecified atom stereocenters. The second-order valence-corrected chi connectivity index (χ2v) is 9.14. The Balaban J connectivity index is 1.09. The maximum absolute atomic E-state index is 15.0. The van der Waals surface area contributed by atoms with Gasteiger partial charge in [-0.2, -0.15) is 10.1 Å². The summed E-state index contributed by atoms with van der Waals surface area (Å²) in [5.41, 5.74) is 0.616. The quantitative estimate of drug-likeness (QED) is 0.437. The van der Waals surface area contributed by atoms with Gasteiger partial charge in [-0.05, 0) is 31.2 Å². The zero-order valence-corrected chi connectivity index (χ0v) is 18.3. The van der Waals surface area contributed by atoms with Crippen molar-refractivity contribution in [3.63, 3.8) is 0 Å². The zero-order valence-electron chi connectivity index (χ0n) is 18.3. The number of hydrogen-bond donors (Lipinski definition) is 3. The van der Waals surface area contributed by atoms with Gasteiger partial charge >= 0.3 is 6.09 Å². The lowest BCUT2D eigenvalue weighted by Crippen LogP contribution is -2.68. The van der Waals surface area contributed by atoms with Crippen molar-refractivity contribution in [2.75, 3.05) is 18.5 Å². The summed E-state index contributed by atoms with van der Waals surface area (Å²) in [4.78, 5) is 20.5. The van der Waals surface area contributed by atoms with Crippen LogP contribution in [0.4, 0.5) is 29.7 Å². The van der Waals surface area contributed by atoms with Crippen LogP contribution in [0.5, 0.6) is 5.88 Å². The van der Waals surface area contributed by atoms with Crippen LogP contribution in [0.1, 0.15) is 31.1 Å². The molecule has 1 amide bonds. The van der Waals surface area contributed by atoms with E-state index in [1.807, 2.05) is 0 Å². The first-order valence-corrected chi connectivity index (χ1v) is 11.2. The first-order valence-electron chi connectivity index (χ1n) is 11.2. The summed E-state index contributed by atoms with van der Waals surface area (Å²) in [6, 6.07) is 3.13. The molecule has 186 valence electrons. The molecule has 11 nitrogen and oxygen atoms in total. The number of carbonyl (C=O) groups is 1. The first-order chi connectivity index (χ1) is 16.9. The topological polar surface area (TPSA) is 128 Å². The number of rotatable bonds is 8. The minimum Gasteiger partial charge on any atom is -0.470 e. The highest BCUT2D eigenvalue weighted by atomic mass is 19.3.